The van der Waals surface area contributed by atoms with Crippen molar-refractivity contribution < 1.29 is 4.74 Å². The van der Waals surface area contributed by atoms with Crippen LogP contribution in [0.15, 0.2) is 40.1 Å². The molecule has 0 aromatic heterocycles. The molecule has 0 atom stereocenters. The highest BCUT2D eigenvalue weighted by molar-refractivity contribution is 5.62. The fourth-order valence-corrected chi connectivity index (χ4v) is 1.96. The normalized spacial score (nSPS) is 10.9. The van der Waals surface area contributed by atoms with Crippen molar-refractivity contribution in [3.8, 4) is 17.0 Å². The van der Waals surface area contributed by atoms with Gasteiger partial charge in [-0.3, -0.25) is 9.59 Å². The zero-order chi connectivity index (χ0) is 12.7. The SMILES string of the molecule is COc1cccc(-c2nc(=O)c3cnc(=O)c2=3)c1. The molecule has 0 amide bonds. The Labute approximate surface area is 101 Å². The first-order valence-electron chi connectivity index (χ1n) is 5.31. The minimum Gasteiger partial charge on any atom is -0.497 e. The van der Waals surface area contributed by atoms with E-state index in [2.05, 4.69) is 9.97 Å². The molecule has 0 aliphatic carbocycles. The van der Waals surface area contributed by atoms with Crippen molar-refractivity contribution in [2.24, 2.45) is 0 Å². The average Bonchev–Trinajstić information content (AvgIpc) is 2.92. The third kappa shape index (κ3) is 1.41. The lowest BCUT2D eigenvalue weighted by Crippen LogP contribution is -2.02. The van der Waals surface area contributed by atoms with Gasteiger partial charge in [0.15, 0.2) is 0 Å². The molecule has 0 fully saturated rings. The topological polar surface area (TPSA) is 69.2 Å². The zero-order valence-electron chi connectivity index (χ0n) is 9.51. The summed E-state index contributed by atoms with van der Waals surface area (Å²) in [7, 11) is 1.55. The van der Waals surface area contributed by atoms with Crippen molar-refractivity contribution in [3.05, 3.63) is 61.6 Å². The third-order valence-electron chi connectivity index (χ3n) is 2.82. The second kappa shape index (κ2) is 3.73. The van der Waals surface area contributed by atoms with Crippen molar-refractivity contribution in [2.75, 3.05) is 7.11 Å². The molecule has 5 nitrogen and oxygen atoms in total. The summed E-state index contributed by atoms with van der Waals surface area (Å²) in [6.07, 6.45) is 1.27. The number of rotatable bonds is 2. The molecule has 2 heterocycles. The Morgan fingerprint density at radius 3 is 2.78 bits per heavy atom. The standard InChI is InChI=1S/C13H8N2O3/c1-18-8-4-2-3-7(5-8)11-10-9(12(16)15-11)6-14-13(10)17/h2-6H,1H3. The van der Waals surface area contributed by atoms with E-state index in [1.807, 2.05) is 0 Å². The molecule has 3 rings (SSSR count). The van der Waals surface area contributed by atoms with E-state index in [1.165, 1.54) is 6.20 Å². The Balaban J connectivity index is 2.37. The fourth-order valence-electron chi connectivity index (χ4n) is 1.96. The van der Waals surface area contributed by atoms with Crippen molar-refractivity contribution in [3.63, 3.8) is 0 Å². The molecular weight excluding hydrogens is 232 g/mol. The molecule has 2 aliphatic rings. The first-order valence-corrected chi connectivity index (χ1v) is 5.31. The summed E-state index contributed by atoms with van der Waals surface area (Å²) in [4.78, 5) is 30.8. The maximum Gasteiger partial charge on any atom is 0.280 e. The fraction of sp³-hybridized carbons (Fsp3) is 0.0769. The molecule has 0 saturated carbocycles. The van der Waals surface area contributed by atoms with Crippen LogP contribution in [0.1, 0.15) is 0 Å². The van der Waals surface area contributed by atoms with Crippen molar-refractivity contribution in [1.82, 2.24) is 9.97 Å². The molecule has 1 aromatic carbocycles. The van der Waals surface area contributed by atoms with E-state index in [4.69, 9.17) is 4.74 Å². The summed E-state index contributed by atoms with van der Waals surface area (Å²) < 4.78 is 5.11. The molecule has 5 heteroatoms. The summed E-state index contributed by atoms with van der Waals surface area (Å²) in [5.41, 5.74) is 0.206. The van der Waals surface area contributed by atoms with Crippen LogP contribution in [-0.2, 0) is 0 Å². The van der Waals surface area contributed by atoms with Gasteiger partial charge in [-0.2, -0.15) is 0 Å². The van der Waals surface area contributed by atoms with Crippen LogP contribution in [0.2, 0.25) is 0 Å². The molecule has 0 N–H and O–H groups in total. The van der Waals surface area contributed by atoms with Crippen LogP contribution in [0.5, 0.6) is 5.75 Å². The van der Waals surface area contributed by atoms with Crippen LogP contribution >= 0.6 is 0 Å². The van der Waals surface area contributed by atoms with Crippen molar-refractivity contribution in [1.29, 1.82) is 0 Å². The van der Waals surface area contributed by atoms with Gasteiger partial charge in [0.1, 0.15) is 5.75 Å². The Morgan fingerprint density at radius 1 is 1.17 bits per heavy atom. The first kappa shape index (κ1) is 10.6. The van der Waals surface area contributed by atoms with Crippen LogP contribution in [0.25, 0.3) is 11.3 Å². The number of ether oxygens (including phenoxy) is 1. The molecule has 0 unspecified atom stereocenters. The minimum atomic E-state index is -0.419. The highest BCUT2D eigenvalue weighted by Gasteiger charge is 2.13. The number of hydrogen-bond donors (Lipinski definition) is 0. The maximum absolute atomic E-state index is 11.6. The summed E-state index contributed by atoms with van der Waals surface area (Å²) >= 11 is 0. The van der Waals surface area contributed by atoms with E-state index in [0.29, 0.717) is 17.0 Å². The average molecular weight is 240 g/mol. The second-order valence-corrected chi connectivity index (χ2v) is 3.85. The van der Waals surface area contributed by atoms with Crippen LogP contribution < -0.4 is 15.9 Å². The maximum atomic E-state index is 11.6. The van der Waals surface area contributed by atoms with E-state index >= 15 is 0 Å². The number of hydrogen-bond acceptors (Lipinski definition) is 5. The first-order chi connectivity index (χ1) is 8.70. The van der Waals surface area contributed by atoms with Gasteiger partial charge in [0, 0.05) is 11.8 Å². The second-order valence-electron chi connectivity index (χ2n) is 3.85. The Kier molecular flexibility index (Phi) is 2.19. The highest BCUT2D eigenvalue weighted by atomic mass is 16.5. The van der Waals surface area contributed by atoms with Gasteiger partial charge in [-0.05, 0) is 12.1 Å². The van der Waals surface area contributed by atoms with Gasteiger partial charge in [0.25, 0.3) is 11.1 Å². The predicted octanol–water partition coefficient (Wildman–Crippen LogP) is 0.473. The Morgan fingerprint density at radius 2 is 2.00 bits per heavy atom. The van der Waals surface area contributed by atoms with Gasteiger partial charge in [-0.25, -0.2) is 9.97 Å². The molecule has 18 heavy (non-hydrogen) atoms. The summed E-state index contributed by atoms with van der Waals surface area (Å²) in [5, 5.41) is 0.561. The van der Waals surface area contributed by atoms with Crippen LogP contribution in [0.3, 0.4) is 0 Å². The summed E-state index contributed by atoms with van der Waals surface area (Å²) in [6, 6.07) is 7.06. The number of methoxy groups -OCH3 is 1. The largest absolute Gasteiger partial charge is 0.497 e. The van der Waals surface area contributed by atoms with E-state index in [1.54, 1.807) is 31.4 Å². The molecule has 2 aliphatic heterocycles. The smallest absolute Gasteiger partial charge is 0.280 e. The highest BCUT2D eigenvalue weighted by Crippen LogP contribution is 2.22. The van der Waals surface area contributed by atoms with Crippen LogP contribution in [-0.4, -0.2) is 17.1 Å². The minimum absolute atomic E-state index is 0.276. The van der Waals surface area contributed by atoms with Crippen LogP contribution in [0, 0.1) is 10.4 Å². The monoisotopic (exact) mass is 240 g/mol. The lowest BCUT2D eigenvalue weighted by atomic mass is 10.1. The summed E-state index contributed by atoms with van der Waals surface area (Å²) in [5.74, 6) is 0.642. The van der Waals surface area contributed by atoms with E-state index in [-0.39, 0.29) is 10.4 Å². The third-order valence-corrected chi connectivity index (χ3v) is 2.82. The molecule has 0 radical (unpaired) electrons. The Hall–Kier alpha value is -2.56. The number of nitrogens with zero attached hydrogens (tertiary/aromatic N) is 2. The summed E-state index contributed by atoms with van der Waals surface area (Å²) in [6.45, 7) is 0. The molecule has 0 spiro atoms. The number of benzene rings is 1. The molecule has 1 aromatic rings. The quantitative estimate of drug-likeness (QED) is 0.651. The van der Waals surface area contributed by atoms with Gasteiger partial charge in [0.05, 0.1) is 23.2 Å². The predicted molar refractivity (Wildman–Crippen MR) is 64.2 cm³/mol. The number of aromatic nitrogens is 2. The van der Waals surface area contributed by atoms with Crippen LogP contribution in [0.4, 0.5) is 0 Å². The molecule has 88 valence electrons. The molecule has 0 bridgehead atoms. The van der Waals surface area contributed by atoms with Gasteiger partial charge in [0.2, 0.25) is 0 Å². The van der Waals surface area contributed by atoms with Gasteiger partial charge >= 0.3 is 0 Å². The lowest BCUT2D eigenvalue weighted by molar-refractivity contribution is 0.415. The Bertz CT molecular complexity index is 861. The van der Waals surface area contributed by atoms with E-state index < -0.39 is 11.1 Å². The molecule has 0 saturated heterocycles. The van der Waals surface area contributed by atoms with Gasteiger partial charge < -0.3 is 4.74 Å². The van der Waals surface area contributed by atoms with Gasteiger partial charge in [-0.1, -0.05) is 12.1 Å². The van der Waals surface area contributed by atoms with E-state index in [9.17, 15) is 9.59 Å². The zero-order valence-corrected chi connectivity index (χ0v) is 9.51. The lowest BCUT2D eigenvalue weighted by Gasteiger charge is -2.01. The van der Waals surface area contributed by atoms with E-state index in [0.717, 1.165) is 0 Å². The van der Waals surface area contributed by atoms with Crippen molar-refractivity contribution in [2.45, 2.75) is 0 Å². The van der Waals surface area contributed by atoms with Crippen molar-refractivity contribution >= 4 is 0 Å². The van der Waals surface area contributed by atoms with Gasteiger partial charge in [-0.15, -0.1) is 0 Å². The molecular formula is C13H8N2O3.